The van der Waals surface area contributed by atoms with E-state index in [4.69, 9.17) is 4.42 Å². The van der Waals surface area contributed by atoms with Gasteiger partial charge in [-0.25, -0.2) is 0 Å². The molecule has 1 aliphatic heterocycles. The van der Waals surface area contributed by atoms with E-state index < -0.39 is 0 Å². The van der Waals surface area contributed by atoms with Crippen LogP contribution in [0.3, 0.4) is 0 Å². The molecule has 1 saturated heterocycles. The average molecular weight is 355 g/mol. The third-order valence-corrected chi connectivity index (χ3v) is 4.33. The van der Waals surface area contributed by atoms with E-state index >= 15 is 0 Å². The summed E-state index contributed by atoms with van der Waals surface area (Å²) in [5.41, 5.74) is 1.52. The van der Waals surface area contributed by atoms with Crippen molar-refractivity contribution in [2.24, 2.45) is 0 Å². The van der Waals surface area contributed by atoms with Crippen LogP contribution in [-0.4, -0.2) is 60.2 Å². The van der Waals surface area contributed by atoms with Gasteiger partial charge in [0.1, 0.15) is 0 Å². The molecule has 136 valence electrons. The van der Waals surface area contributed by atoms with Crippen LogP contribution in [0.1, 0.15) is 26.5 Å². The Balaban J connectivity index is 1.46. The molecule has 0 unspecified atom stereocenters. The fraction of sp³-hybridized carbons (Fsp3) is 0.316. The number of amides is 3. The Morgan fingerprint density at radius 2 is 1.77 bits per heavy atom. The third-order valence-electron chi connectivity index (χ3n) is 4.33. The predicted octanol–water partition coefficient (Wildman–Crippen LogP) is 1.30. The van der Waals surface area contributed by atoms with Gasteiger partial charge in [-0.1, -0.05) is 17.7 Å². The molecule has 0 radical (unpaired) electrons. The van der Waals surface area contributed by atoms with Crippen molar-refractivity contribution in [1.82, 2.24) is 15.1 Å². The van der Waals surface area contributed by atoms with Gasteiger partial charge in [-0.2, -0.15) is 0 Å². The number of piperazine rings is 1. The van der Waals surface area contributed by atoms with Crippen molar-refractivity contribution in [1.29, 1.82) is 0 Å². The Hall–Kier alpha value is -3.09. The number of carbonyl (C=O) groups is 3. The van der Waals surface area contributed by atoms with Crippen molar-refractivity contribution in [2.45, 2.75) is 6.92 Å². The lowest BCUT2D eigenvalue weighted by atomic mass is 10.1. The molecule has 3 rings (SSSR count). The molecule has 0 spiro atoms. The zero-order valence-electron chi connectivity index (χ0n) is 14.6. The standard InChI is InChI=1S/C19H21N3O4/c1-14-4-2-5-15(12-14)18(24)20-13-17(23)21-7-9-22(10-8-21)19(25)16-6-3-11-26-16/h2-6,11-12H,7-10,13H2,1H3,(H,20,24). The molecule has 2 heterocycles. The summed E-state index contributed by atoms with van der Waals surface area (Å²) in [6, 6.07) is 10.5. The van der Waals surface area contributed by atoms with E-state index in [1.807, 2.05) is 13.0 Å². The molecule has 0 aliphatic carbocycles. The van der Waals surface area contributed by atoms with Gasteiger partial charge in [0.15, 0.2) is 5.76 Å². The maximum atomic E-state index is 12.3. The van der Waals surface area contributed by atoms with Gasteiger partial charge in [-0.05, 0) is 31.2 Å². The number of furan rings is 1. The van der Waals surface area contributed by atoms with Gasteiger partial charge in [0, 0.05) is 31.7 Å². The first-order chi connectivity index (χ1) is 12.5. The summed E-state index contributed by atoms with van der Waals surface area (Å²) >= 11 is 0. The van der Waals surface area contributed by atoms with Crippen LogP contribution in [0.2, 0.25) is 0 Å². The van der Waals surface area contributed by atoms with Crippen LogP contribution < -0.4 is 5.32 Å². The fourth-order valence-electron chi connectivity index (χ4n) is 2.87. The number of nitrogens with zero attached hydrogens (tertiary/aromatic N) is 2. The minimum atomic E-state index is -0.270. The Kier molecular flexibility index (Phi) is 5.36. The molecule has 1 fully saturated rings. The molecule has 1 aromatic carbocycles. The molecule has 0 atom stereocenters. The van der Waals surface area contributed by atoms with Gasteiger partial charge >= 0.3 is 0 Å². The van der Waals surface area contributed by atoms with Crippen LogP contribution in [0, 0.1) is 6.92 Å². The van der Waals surface area contributed by atoms with Gasteiger partial charge in [-0.3, -0.25) is 14.4 Å². The Morgan fingerprint density at radius 1 is 1.04 bits per heavy atom. The molecule has 1 aliphatic rings. The summed E-state index contributed by atoms with van der Waals surface area (Å²) in [6.07, 6.45) is 1.46. The highest BCUT2D eigenvalue weighted by Gasteiger charge is 2.26. The number of benzene rings is 1. The van der Waals surface area contributed by atoms with Crippen molar-refractivity contribution in [2.75, 3.05) is 32.7 Å². The zero-order chi connectivity index (χ0) is 18.5. The van der Waals surface area contributed by atoms with Crippen LogP contribution >= 0.6 is 0 Å². The van der Waals surface area contributed by atoms with Gasteiger partial charge < -0.3 is 19.5 Å². The molecule has 1 aromatic heterocycles. The van der Waals surface area contributed by atoms with Crippen LogP contribution in [0.15, 0.2) is 47.1 Å². The molecule has 7 heteroatoms. The quantitative estimate of drug-likeness (QED) is 0.896. The Labute approximate surface area is 151 Å². The third kappa shape index (κ3) is 4.11. The zero-order valence-corrected chi connectivity index (χ0v) is 14.6. The number of aryl methyl sites for hydroxylation is 1. The molecule has 26 heavy (non-hydrogen) atoms. The van der Waals surface area contributed by atoms with Crippen LogP contribution in [0.25, 0.3) is 0 Å². The second kappa shape index (κ2) is 7.86. The number of hydrogen-bond donors (Lipinski definition) is 1. The maximum Gasteiger partial charge on any atom is 0.289 e. The van der Waals surface area contributed by atoms with Crippen molar-refractivity contribution in [3.05, 3.63) is 59.5 Å². The number of nitrogens with one attached hydrogen (secondary N) is 1. The number of carbonyl (C=O) groups excluding carboxylic acids is 3. The van der Waals surface area contributed by atoms with Crippen LogP contribution in [0.4, 0.5) is 0 Å². The Bertz CT molecular complexity index is 793. The molecular formula is C19H21N3O4. The highest BCUT2D eigenvalue weighted by Crippen LogP contribution is 2.09. The normalized spacial score (nSPS) is 14.2. The lowest BCUT2D eigenvalue weighted by Crippen LogP contribution is -2.52. The summed E-state index contributed by atoms with van der Waals surface area (Å²) in [7, 11) is 0. The van der Waals surface area contributed by atoms with E-state index in [0.29, 0.717) is 37.5 Å². The van der Waals surface area contributed by atoms with Crippen molar-refractivity contribution in [3.8, 4) is 0 Å². The minimum absolute atomic E-state index is 0.0566. The molecule has 2 aromatic rings. The summed E-state index contributed by atoms with van der Waals surface area (Å²) in [5.74, 6) is -0.296. The summed E-state index contributed by atoms with van der Waals surface area (Å²) in [6.45, 7) is 3.61. The predicted molar refractivity (Wildman–Crippen MR) is 94.7 cm³/mol. The molecular weight excluding hydrogens is 334 g/mol. The molecule has 7 nitrogen and oxygen atoms in total. The Morgan fingerprint density at radius 3 is 2.42 bits per heavy atom. The SMILES string of the molecule is Cc1cccc(C(=O)NCC(=O)N2CCN(C(=O)c3ccco3)CC2)c1. The second-order valence-electron chi connectivity index (χ2n) is 6.20. The van der Waals surface area contributed by atoms with Crippen LogP contribution in [-0.2, 0) is 4.79 Å². The van der Waals surface area contributed by atoms with E-state index in [9.17, 15) is 14.4 Å². The lowest BCUT2D eigenvalue weighted by molar-refractivity contribution is -0.131. The molecule has 0 bridgehead atoms. The summed E-state index contributed by atoms with van der Waals surface area (Å²) in [5, 5.41) is 2.65. The second-order valence-corrected chi connectivity index (χ2v) is 6.20. The first-order valence-corrected chi connectivity index (χ1v) is 8.50. The van der Waals surface area contributed by atoms with Gasteiger partial charge in [0.2, 0.25) is 5.91 Å². The maximum absolute atomic E-state index is 12.3. The lowest BCUT2D eigenvalue weighted by Gasteiger charge is -2.34. The molecule has 3 amide bonds. The van der Waals surface area contributed by atoms with Crippen molar-refractivity contribution in [3.63, 3.8) is 0 Å². The van der Waals surface area contributed by atoms with E-state index in [2.05, 4.69) is 5.32 Å². The van der Waals surface area contributed by atoms with E-state index in [1.54, 1.807) is 40.1 Å². The highest BCUT2D eigenvalue weighted by molar-refractivity contribution is 5.96. The summed E-state index contributed by atoms with van der Waals surface area (Å²) in [4.78, 5) is 39.9. The number of rotatable bonds is 4. The first kappa shape index (κ1) is 17.7. The largest absolute Gasteiger partial charge is 0.459 e. The van der Waals surface area contributed by atoms with Gasteiger partial charge in [0.25, 0.3) is 11.8 Å². The van der Waals surface area contributed by atoms with Crippen molar-refractivity contribution >= 4 is 17.7 Å². The monoisotopic (exact) mass is 355 g/mol. The van der Waals surface area contributed by atoms with Crippen LogP contribution in [0.5, 0.6) is 0 Å². The highest BCUT2D eigenvalue weighted by atomic mass is 16.3. The van der Waals surface area contributed by atoms with Gasteiger partial charge in [-0.15, -0.1) is 0 Å². The topological polar surface area (TPSA) is 82.9 Å². The van der Waals surface area contributed by atoms with Gasteiger partial charge in [0.05, 0.1) is 12.8 Å². The number of hydrogen-bond acceptors (Lipinski definition) is 4. The molecule has 0 saturated carbocycles. The van der Waals surface area contributed by atoms with E-state index in [0.717, 1.165) is 5.56 Å². The smallest absolute Gasteiger partial charge is 0.289 e. The van der Waals surface area contributed by atoms with E-state index in [-0.39, 0.29) is 24.3 Å². The fourth-order valence-corrected chi connectivity index (χ4v) is 2.87. The van der Waals surface area contributed by atoms with Crippen molar-refractivity contribution < 1.29 is 18.8 Å². The minimum Gasteiger partial charge on any atom is -0.459 e. The first-order valence-electron chi connectivity index (χ1n) is 8.50. The molecule has 1 N–H and O–H groups in total. The summed E-state index contributed by atoms with van der Waals surface area (Å²) < 4.78 is 5.12. The average Bonchev–Trinajstić information content (AvgIpc) is 3.20. The van der Waals surface area contributed by atoms with E-state index in [1.165, 1.54) is 6.26 Å².